The monoisotopic (exact) mass is 293 g/mol. The lowest BCUT2D eigenvalue weighted by molar-refractivity contribution is -0.120. The average Bonchev–Trinajstić information content (AvgIpc) is 2.96. The molecule has 0 saturated heterocycles. The van der Waals surface area contributed by atoms with E-state index in [1.165, 1.54) is 6.42 Å². The number of benzene rings is 1. The van der Waals surface area contributed by atoms with Gasteiger partial charge in [0.05, 0.1) is 0 Å². The molecule has 1 N–H and O–H groups in total. The molecule has 2 saturated carbocycles. The molecule has 1 amide bonds. The summed E-state index contributed by atoms with van der Waals surface area (Å²) in [5.74, 6) is 2.18. The summed E-state index contributed by atoms with van der Waals surface area (Å²) in [5, 5.41) is 3.85. The number of anilines is 1. The van der Waals surface area contributed by atoms with Gasteiger partial charge in [-0.3, -0.25) is 4.79 Å². The summed E-state index contributed by atoms with van der Waals surface area (Å²) in [6.07, 6.45) is 3.57. The smallest absolute Gasteiger partial charge is 0.227 e. The summed E-state index contributed by atoms with van der Waals surface area (Å²) in [6, 6.07) is 7.98. The molecule has 2 nitrogen and oxygen atoms in total. The molecule has 2 aliphatic rings. The fourth-order valence-electron chi connectivity index (χ4n) is 2.92. The van der Waals surface area contributed by atoms with Crippen molar-refractivity contribution in [3.05, 3.63) is 29.8 Å². The van der Waals surface area contributed by atoms with Crippen LogP contribution in [0.4, 0.5) is 5.69 Å². The van der Waals surface area contributed by atoms with E-state index in [4.69, 9.17) is 0 Å². The summed E-state index contributed by atoms with van der Waals surface area (Å²) in [6.45, 7) is 0. The minimum Gasteiger partial charge on any atom is -0.326 e. The average molecular weight is 294 g/mol. The number of para-hydroxylation sites is 1. The van der Waals surface area contributed by atoms with E-state index in [1.54, 1.807) is 0 Å². The molecular formula is C14H16BrNO. The summed E-state index contributed by atoms with van der Waals surface area (Å²) in [5.41, 5.74) is 2.10. The van der Waals surface area contributed by atoms with E-state index in [0.717, 1.165) is 41.3 Å². The predicted molar refractivity (Wildman–Crippen MR) is 72.0 cm³/mol. The highest BCUT2D eigenvalue weighted by molar-refractivity contribution is 9.08. The second kappa shape index (κ2) is 4.45. The lowest BCUT2D eigenvalue weighted by Crippen LogP contribution is -2.22. The fourth-order valence-corrected chi connectivity index (χ4v) is 3.41. The van der Waals surface area contributed by atoms with Gasteiger partial charge >= 0.3 is 0 Å². The van der Waals surface area contributed by atoms with Gasteiger partial charge in [-0.1, -0.05) is 34.1 Å². The second-order valence-electron chi connectivity index (χ2n) is 5.20. The number of hydrogen-bond donors (Lipinski definition) is 1. The van der Waals surface area contributed by atoms with Crippen molar-refractivity contribution < 1.29 is 4.79 Å². The number of carbonyl (C=O) groups excluding carboxylic acids is 1. The first-order chi connectivity index (χ1) is 8.28. The van der Waals surface area contributed by atoms with E-state index in [9.17, 15) is 4.79 Å². The first kappa shape index (κ1) is 11.3. The third-order valence-corrected chi connectivity index (χ3v) is 4.64. The van der Waals surface area contributed by atoms with Crippen LogP contribution in [-0.4, -0.2) is 5.91 Å². The highest BCUT2D eigenvalue weighted by Gasteiger charge is 2.47. The Morgan fingerprint density at radius 3 is 2.65 bits per heavy atom. The maximum atomic E-state index is 12.1. The zero-order valence-electron chi connectivity index (χ0n) is 9.66. The largest absolute Gasteiger partial charge is 0.326 e. The van der Waals surface area contributed by atoms with Crippen LogP contribution in [-0.2, 0) is 10.1 Å². The summed E-state index contributed by atoms with van der Waals surface area (Å²) < 4.78 is 0. The Labute approximate surface area is 110 Å². The van der Waals surface area contributed by atoms with Crippen LogP contribution in [0.2, 0.25) is 0 Å². The van der Waals surface area contributed by atoms with Crippen molar-refractivity contribution in [3.63, 3.8) is 0 Å². The van der Waals surface area contributed by atoms with Gasteiger partial charge in [0.25, 0.3) is 0 Å². The molecule has 1 aromatic rings. The molecular weight excluding hydrogens is 278 g/mol. The molecule has 2 atom stereocenters. The minimum atomic E-state index is 0.214. The maximum Gasteiger partial charge on any atom is 0.227 e. The van der Waals surface area contributed by atoms with Gasteiger partial charge in [-0.15, -0.1) is 0 Å². The third-order valence-electron chi connectivity index (χ3n) is 4.03. The van der Waals surface area contributed by atoms with Crippen LogP contribution in [0, 0.1) is 17.8 Å². The van der Waals surface area contributed by atoms with Gasteiger partial charge in [-0.2, -0.15) is 0 Å². The van der Waals surface area contributed by atoms with E-state index < -0.39 is 0 Å². The molecule has 0 radical (unpaired) electrons. The van der Waals surface area contributed by atoms with Crippen molar-refractivity contribution in [2.45, 2.75) is 24.6 Å². The number of rotatable bonds is 3. The number of amides is 1. The van der Waals surface area contributed by atoms with Crippen molar-refractivity contribution in [2.75, 3.05) is 5.32 Å². The second-order valence-corrected chi connectivity index (χ2v) is 5.76. The van der Waals surface area contributed by atoms with Crippen molar-refractivity contribution in [3.8, 4) is 0 Å². The number of hydrogen-bond acceptors (Lipinski definition) is 1. The maximum absolute atomic E-state index is 12.1. The van der Waals surface area contributed by atoms with Crippen LogP contribution in [0.5, 0.6) is 0 Å². The molecule has 17 heavy (non-hydrogen) atoms. The summed E-state index contributed by atoms with van der Waals surface area (Å²) >= 11 is 3.45. The standard InChI is InChI=1S/C14H16BrNO/c15-8-9-3-1-2-4-13(9)16-14(17)12-6-10-5-11(10)7-12/h1-4,10-12H,5-8H2,(H,16,17). The zero-order chi connectivity index (χ0) is 11.8. The van der Waals surface area contributed by atoms with Crippen LogP contribution < -0.4 is 5.32 Å². The molecule has 1 aromatic carbocycles. The first-order valence-electron chi connectivity index (χ1n) is 6.22. The van der Waals surface area contributed by atoms with Gasteiger partial charge in [0.2, 0.25) is 5.91 Å². The molecule has 2 unspecified atom stereocenters. The van der Waals surface area contributed by atoms with E-state index in [1.807, 2.05) is 24.3 Å². The molecule has 0 spiro atoms. The van der Waals surface area contributed by atoms with E-state index >= 15 is 0 Å². The van der Waals surface area contributed by atoms with E-state index in [2.05, 4.69) is 21.2 Å². The Morgan fingerprint density at radius 2 is 1.94 bits per heavy atom. The Kier molecular flexibility index (Phi) is 2.95. The molecule has 3 heteroatoms. The fraction of sp³-hybridized carbons (Fsp3) is 0.500. The number of nitrogens with one attached hydrogen (secondary N) is 1. The summed E-state index contributed by atoms with van der Waals surface area (Å²) in [4.78, 5) is 12.1. The molecule has 0 aliphatic heterocycles. The van der Waals surface area contributed by atoms with Crippen molar-refractivity contribution >= 4 is 27.5 Å². The highest BCUT2D eigenvalue weighted by Crippen LogP contribution is 2.54. The first-order valence-corrected chi connectivity index (χ1v) is 7.35. The third kappa shape index (κ3) is 2.25. The van der Waals surface area contributed by atoms with Crippen LogP contribution in [0.1, 0.15) is 24.8 Å². The number of fused-ring (bicyclic) bond motifs is 1. The van der Waals surface area contributed by atoms with E-state index in [0.29, 0.717) is 0 Å². The van der Waals surface area contributed by atoms with Crippen LogP contribution in [0.3, 0.4) is 0 Å². The normalized spacial score (nSPS) is 29.8. The van der Waals surface area contributed by atoms with Crippen LogP contribution in [0.25, 0.3) is 0 Å². The molecule has 2 aliphatic carbocycles. The van der Waals surface area contributed by atoms with E-state index in [-0.39, 0.29) is 11.8 Å². The lowest BCUT2D eigenvalue weighted by atomic mass is 10.0. The predicted octanol–water partition coefficient (Wildman–Crippen LogP) is 3.57. The number of alkyl halides is 1. The van der Waals surface area contributed by atoms with Crippen molar-refractivity contribution in [2.24, 2.45) is 17.8 Å². The van der Waals surface area contributed by atoms with Crippen LogP contribution in [0.15, 0.2) is 24.3 Å². The number of carbonyl (C=O) groups is 1. The lowest BCUT2D eigenvalue weighted by Gasteiger charge is -2.14. The summed E-state index contributed by atoms with van der Waals surface area (Å²) in [7, 11) is 0. The van der Waals surface area contributed by atoms with Gasteiger partial charge in [0, 0.05) is 16.9 Å². The Balaban J connectivity index is 1.67. The molecule has 90 valence electrons. The Morgan fingerprint density at radius 1 is 1.24 bits per heavy atom. The molecule has 0 heterocycles. The van der Waals surface area contributed by atoms with Gasteiger partial charge in [0.15, 0.2) is 0 Å². The number of halogens is 1. The Hall–Kier alpha value is -0.830. The molecule has 0 aromatic heterocycles. The van der Waals surface area contributed by atoms with Crippen molar-refractivity contribution in [1.82, 2.24) is 0 Å². The van der Waals surface area contributed by atoms with Gasteiger partial charge < -0.3 is 5.32 Å². The Bertz CT molecular complexity index is 436. The minimum absolute atomic E-state index is 0.214. The van der Waals surface area contributed by atoms with Crippen LogP contribution >= 0.6 is 15.9 Å². The van der Waals surface area contributed by atoms with Crippen molar-refractivity contribution in [1.29, 1.82) is 0 Å². The highest BCUT2D eigenvalue weighted by atomic mass is 79.9. The topological polar surface area (TPSA) is 29.1 Å². The molecule has 3 rings (SSSR count). The SMILES string of the molecule is O=C(Nc1ccccc1CBr)C1CC2CC2C1. The quantitative estimate of drug-likeness (QED) is 0.848. The van der Waals surface area contributed by atoms with Gasteiger partial charge in [0.1, 0.15) is 0 Å². The van der Waals surface area contributed by atoms with Gasteiger partial charge in [-0.05, 0) is 42.7 Å². The zero-order valence-corrected chi connectivity index (χ0v) is 11.2. The molecule has 2 fully saturated rings. The van der Waals surface area contributed by atoms with Gasteiger partial charge in [-0.25, -0.2) is 0 Å². The molecule has 0 bridgehead atoms.